The van der Waals surface area contributed by atoms with Crippen LogP contribution in [0.3, 0.4) is 0 Å². The Labute approximate surface area is 224 Å². The Kier molecular flexibility index (Phi) is 9.61. The van der Waals surface area contributed by atoms with Crippen LogP contribution in [0.1, 0.15) is 22.3 Å². The van der Waals surface area contributed by atoms with Gasteiger partial charge >= 0.3 is 0 Å². The average Bonchev–Trinajstić information content (AvgIpc) is 2.85. The van der Waals surface area contributed by atoms with Crippen molar-refractivity contribution >= 4 is 50.9 Å². The van der Waals surface area contributed by atoms with Gasteiger partial charge < -0.3 is 15.0 Å². The first-order valence-electron chi connectivity index (χ1n) is 11.1. The molecule has 0 fully saturated rings. The molecule has 35 heavy (non-hydrogen) atoms. The fourth-order valence-electron chi connectivity index (χ4n) is 3.77. The molecule has 0 unspecified atom stereocenters. The molecule has 1 N–H and O–H groups in total. The molecule has 0 aliphatic heterocycles. The van der Waals surface area contributed by atoms with Gasteiger partial charge in [0.15, 0.2) is 6.61 Å². The van der Waals surface area contributed by atoms with Gasteiger partial charge in [-0.05, 0) is 60.4 Å². The van der Waals surface area contributed by atoms with Crippen LogP contribution < -0.4 is 10.1 Å². The van der Waals surface area contributed by atoms with Crippen LogP contribution in [-0.4, -0.2) is 36.4 Å². The molecule has 0 saturated heterocycles. The molecule has 3 aromatic carbocycles. The number of rotatable bonds is 9. The second-order valence-corrected chi connectivity index (χ2v) is 9.86. The third-order valence-corrected chi connectivity index (χ3v) is 7.62. The Hall–Kier alpha value is -2.54. The highest BCUT2D eigenvalue weighted by Crippen LogP contribution is 2.27. The van der Waals surface area contributed by atoms with Gasteiger partial charge in [0.2, 0.25) is 5.91 Å². The van der Waals surface area contributed by atoms with Crippen molar-refractivity contribution < 1.29 is 14.3 Å². The summed E-state index contributed by atoms with van der Waals surface area (Å²) in [6.45, 7) is 3.88. The summed E-state index contributed by atoms with van der Waals surface area (Å²) in [5.74, 6) is 0.00186. The van der Waals surface area contributed by atoms with E-state index in [1.54, 1.807) is 25.2 Å². The molecule has 3 rings (SSSR count). The average molecular weight is 578 g/mol. The van der Waals surface area contributed by atoms with Crippen LogP contribution in [0, 0.1) is 13.8 Å². The molecule has 0 spiro atoms. The van der Waals surface area contributed by atoms with Gasteiger partial charge in [-0.3, -0.25) is 9.59 Å². The summed E-state index contributed by atoms with van der Waals surface area (Å²) in [5, 5.41) is 3.50. The Morgan fingerprint density at radius 3 is 2.23 bits per heavy atom. The van der Waals surface area contributed by atoms with Crippen molar-refractivity contribution in [1.82, 2.24) is 10.2 Å². The largest absolute Gasteiger partial charge is 0.484 e. The lowest BCUT2D eigenvalue weighted by Gasteiger charge is -2.31. The van der Waals surface area contributed by atoms with Crippen molar-refractivity contribution in [3.8, 4) is 5.75 Å². The fraction of sp³-hybridized carbons (Fsp3) is 0.259. The van der Waals surface area contributed by atoms with Crippen molar-refractivity contribution in [2.75, 3.05) is 13.7 Å². The normalized spacial score (nSPS) is 11.6. The van der Waals surface area contributed by atoms with E-state index in [9.17, 15) is 9.59 Å². The number of nitrogens with one attached hydrogen (secondary N) is 1. The van der Waals surface area contributed by atoms with Gasteiger partial charge in [-0.2, -0.15) is 0 Å². The Balaban J connectivity index is 1.90. The highest BCUT2D eigenvalue weighted by Gasteiger charge is 2.30. The number of halogens is 3. The van der Waals surface area contributed by atoms with Gasteiger partial charge in [0.25, 0.3) is 5.91 Å². The summed E-state index contributed by atoms with van der Waals surface area (Å²) < 4.78 is 6.87. The minimum Gasteiger partial charge on any atom is -0.484 e. The van der Waals surface area contributed by atoms with Gasteiger partial charge in [0, 0.05) is 24.5 Å². The van der Waals surface area contributed by atoms with E-state index in [-0.39, 0.29) is 25.0 Å². The molecule has 0 heterocycles. The molecule has 1 atom stereocenters. The Bertz CT molecular complexity index is 1180. The van der Waals surface area contributed by atoms with Crippen molar-refractivity contribution in [2.24, 2.45) is 0 Å². The van der Waals surface area contributed by atoms with Crippen LogP contribution in [0.15, 0.2) is 65.1 Å². The van der Waals surface area contributed by atoms with Crippen LogP contribution in [0.25, 0.3) is 0 Å². The number of nitrogens with zero attached hydrogens (tertiary/aromatic N) is 1. The molecule has 0 bridgehead atoms. The van der Waals surface area contributed by atoms with Crippen molar-refractivity contribution in [3.05, 3.63) is 97.4 Å². The predicted octanol–water partition coefficient (Wildman–Crippen LogP) is 6.14. The molecule has 0 aliphatic carbocycles. The van der Waals surface area contributed by atoms with E-state index in [0.717, 1.165) is 26.7 Å². The second kappa shape index (κ2) is 12.4. The number of hydrogen-bond donors (Lipinski definition) is 1. The van der Waals surface area contributed by atoms with E-state index < -0.39 is 6.04 Å². The van der Waals surface area contributed by atoms with Gasteiger partial charge in [-0.25, -0.2) is 0 Å². The first-order valence-corrected chi connectivity index (χ1v) is 12.6. The van der Waals surface area contributed by atoms with Gasteiger partial charge in [0.1, 0.15) is 11.8 Å². The standard InChI is InChI=1S/C27H27BrCl2N2O3/c1-17-11-21(12-18(2)26(17)28)35-16-25(33)32(15-20-9-10-22(29)23(30)13-20)24(27(34)31-3)14-19-7-5-4-6-8-19/h4-13,24H,14-16H2,1-3H3,(H,31,34)/t24-/m1/s1. The first-order chi connectivity index (χ1) is 16.7. The minimum atomic E-state index is -0.749. The van der Waals surface area contributed by atoms with E-state index in [2.05, 4.69) is 21.2 Å². The van der Waals surface area contributed by atoms with E-state index in [4.69, 9.17) is 27.9 Å². The zero-order chi connectivity index (χ0) is 25.5. The molecule has 8 heteroatoms. The lowest BCUT2D eigenvalue weighted by molar-refractivity contribution is -0.142. The third-order valence-electron chi connectivity index (χ3n) is 5.63. The van der Waals surface area contributed by atoms with E-state index in [1.807, 2.05) is 56.3 Å². The van der Waals surface area contributed by atoms with E-state index in [0.29, 0.717) is 22.2 Å². The lowest BCUT2D eigenvalue weighted by atomic mass is 10.0. The van der Waals surface area contributed by atoms with Gasteiger partial charge in [-0.1, -0.05) is 75.5 Å². The zero-order valence-electron chi connectivity index (χ0n) is 19.8. The maximum absolute atomic E-state index is 13.5. The summed E-state index contributed by atoms with van der Waals surface area (Å²) >= 11 is 15.8. The quantitative estimate of drug-likeness (QED) is 0.332. The van der Waals surface area contributed by atoms with Crippen LogP contribution in [0.2, 0.25) is 10.0 Å². The van der Waals surface area contributed by atoms with Crippen LogP contribution in [0.4, 0.5) is 0 Å². The van der Waals surface area contributed by atoms with Crippen molar-refractivity contribution in [3.63, 3.8) is 0 Å². The van der Waals surface area contributed by atoms with Gasteiger partial charge in [0.05, 0.1) is 10.0 Å². The number of amides is 2. The lowest BCUT2D eigenvalue weighted by Crippen LogP contribution is -2.51. The number of hydrogen-bond acceptors (Lipinski definition) is 3. The number of carbonyl (C=O) groups excluding carboxylic acids is 2. The molecule has 5 nitrogen and oxygen atoms in total. The first kappa shape index (κ1) is 27.1. The molecule has 184 valence electrons. The molecule has 0 saturated carbocycles. The summed E-state index contributed by atoms with van der Waals surface area (Å²) in [5.41, 5.74) is 3.71. The minimum absolute atomic E-state index is 0.169. The molecular formula is C27H27BrCl2N2O3. The summed E-state index contributed by atoms with van der Waals surface area (Å²) in [7, 11) is 1.56. The highest BCUT2D eigenvalue weighted by atomic mass is 79.9. The van der Waals surface area contributed by atoms with E-state index in [1.165, 1.54) is 4.90 Å². The Morgan fingerprint density at radius 1 is 0.971 bits per heavy atom. The van der Waals surface area contributed by atoms with Crippen LogP contribution in [0.5, 0.6) is 5.75 Å². The molecule has 0 aliphatic rings. The number of ether oxygens (including phenoxy) is 1. The number of benzene rings is 3. The van der Waals surface area contributed by atoms with Crippen LogP contribution in [-0.2, 0) is 22.6 Å². The molecular weight excluding hydrogens is 551 g/mol. The molecule has 0 radical (unpaired) electrons. The number of aryl methyl sites for hydroxylation is 2. The number of carbonyl (C=O) groups is 2. The number of likely N-dealkylation sites (N-methyl/N-ethyl adjacent to an activating group) is 1. The summed E-state index contributed by atoms with van der Waals surface area (Å²) in [4.78, 5) is 28.0. The maximum atomic E-state index is 13.5. The van der Waals surface area contributed by atoms with Crippen LogP contribution >= 0.6 is 39.1 Å². The fourth-order valence-corrected chi connectivity index (χ4v) is 4.32. The monoisotopic (exact) mass is 576 g/mol. The second-order valence-electron chi connectivity index (χ2n) is 8.25. The molecule has 3 aromatic rings. The maximum Gasteiger partial charge on any atom is 0.261 e. The third kappa shape index (κ3) is 7.23. The Morgan fingerprint density at radius 2 is 1.63 bits per heavy atom. The summed E-state index contributed by atoms with van der Waals surface area (Å²) in [6.07, 6.45) is 0.351. The summed E-state index contributed by atoms with van der Waals surface area (Å²) in [6, 6.07) is 17.7. The predicted molar refractivity (Wildman–Crippen MR) is 144 cm³/mol. The van der Waals surface area contributed by atoms with Gasteiger partial charge in [-0.15, -0.1) is 0 Å². The topological polar surface area (TPSA) is 58.6 Å². The van der Waals surface area contributed by atoms with E-state index >= 15 is 0 Å². The van der Waals surface area contributed by atoms with Crippen molar-refractivity contribution in [1.29, 1.82) is 0 Å². The highest BCUT2D eigenvalue weighted by molar-refractivity contribution is 9.10. The van der Waals surface area contributed by atoms with Crippen molar-refractivity contribution in [2.45, 2.75) is 32.9 Å². The molecule has 2 amide bonds. The zero-order valence-corrected chi connectivity index (χ0v) is 22.9. The smallest absolute Gasteiger partial charge is 0.261 e. The SMILES string of the molecule is CNC(=O)[C@@H](Cc1ccccc1)N(Cc1ccc(Cl)c(Cl)c1)C(=O)COc1cc(C)c(Br)c(C)c1. The molecule has 0 aromatic heterocycles.